The number of amides is 1. The summed E-state index contributed by atoms with van der Waals surface area (Å²) < 4.78 is 0. The molecule has 0 unspecified atom stereocenters. The lowest BCUT2D eigenvalue weighted by atomic mass is 10.1. The van der Waals surface area contributed by atoms with E-state index < -0.39 is 0 Å². The second-order valence-corrected chi connectivity index (χ2v) is 6.26. The highest BCUT2D eigenvalue weighted by molar-refractivity contribution is 7.99. The minimum Gasteiger partial charge on any atom is -0.398 e. The molecular weight excluding hydrogens is 256 g/mol. The lowest BCUT2D eigenvalue weighted by Gasteiger charge is -2.11. The normalized spacial score (nSPS) is 15.6. The van der Waals surface area contributed by atoms with Crippen molar-refractivity contribution in [1.29, 1.82) is 0 Å². The Kier molecular flexibility index (Phi) is 5.14. The Labute approximate surface area is 119 Å². The maximum atomic E-state index is 11.9. The van der Waals surface area contributed by atoms with Gasteiger partial charge < -0.3 is 11.1 Å². The Morgan fingerprint density at radius 1 is 1.42 bits per heavy atom. The summed E-state index contributed by atoms with van der Waals surface area (Å²) in [4.78, 5) is 11.9. The molecule has 4 heteroatoms. The van der Waals surface area contributed by atoms with Crippen LogP contribution in [0.2, 0.25) is 0 Å². The van der Waals surface area contributed by atoms with Crippen molar-refractivity contribution in [2.24, 2.45) is 5.92 Å². The first-order chi connectivity index (χ1) is 9.16. The Balaban J connectivity index is 1.76. The smallest absolute Gasteiger partial charge is 0.234 e. The second kappa shape index (κ2) is 6.85. The molecule has 2 rings (SSSR count). The number of nitrogens with two attached hydrogens (primary N) is 1. The number of hydrogen-bond donors (Lipinski definition) is 2. The van der Waals surface area contributed by atoms with Crippen molar-refractivity contribution in [3.8, 4) is 0 Å². The van der Waals surface area contributed by atoms with E-state index in [0.717, 1.165) is 28.6 Å². The van der Waals surface area contributed by atoms with Crippen LogP contribution < -0.4 is 11.1 Å². The van der Waals surface area contributed by atoms with Gasteiger partial charge in [0.05, 0.1) is 5.75 Å². The van der Waals surface area contributed by atoms with Crippen molar-refractivity contribution in [3.63, 3.8) is 0 Å². The van der Waals surface area contributed by atoms with Gasteiger partial charge in [-0.2, -0.15) is 11.8 Å². The zero-order chi connectivity index (χ0) is 13.7. The quantitative estimate of drug-likeness (QED) is 0.811. The van der Waals surface area contributed by atoms with E-state index in [1.165, 1.54) is 25.7 Å². The van der Waals surface area contributed by atoms with Gasteiger partial charge in [0.25, 0.3) is 0 Å². The fraction of sp³-hybridized carbons (Fsp3) is 0.533. The van der Waals surface area contributed by atoms with E-state index in [0.29, 0.717) is 5.75 Å². The van der Waals surface area contributed by atoms with Crippen LogP contribution in [0.4, 0.5) is 11.4 Å². The topological polar surface area (TPSA) is 55.1 Å². The largest absolute Gasteiger partial charge is 0.398 e. The molecule has 0 saturated heterocycles. The van der Waals surface area contributed by atoms with E-state index in [1.54, 1.807) is 11.8 Å². The molecule has 0 aliphatic heterocycles. The number of hydrogen-bond acceptors (Lipinski definition) is 3. The molecule has 1 saturated carbocycles. The van der Waals surface area contributed by atoms with Crippen LogP contribution in [0.25, 0.3) is 0 Å². The third-order valence-electron chi connectivity index (χ3n) is 3.71. The van der Waals surface area contributed by atoms with Gasteiger partial charge >= 0.3 is 0 Å². The Morgan fingerprint density at radius 3 is 2.89 bits per heavy atom. The molecule has 0 heterocycles. The maximum Gasteiger partial charge on any atom is 0.234 e. The fourth-order valence-corrected chi connectivity index (χ4v) is 3.51. The monoisotopic (exact) mass is 278 g/mol. The second-order valence-electron chi connectivity index (χ2n) is 5.23. The number of carbonyl (C=O) groups is 1. The van der Waals surface area contributed by atoms with Gasteiger partial charge in [-0.3, -0.25) is 4.79 Å². The molecule has 19 heavy (non-hydrogen) atoms. The standard InChI is InChI=1S/C15H22N2OS/c1-11-13(16)7-4-8-14(11)17-15(18)10-19-9-12-5-2-3-6-12/h4,7-8,12H,2-3,5-6,9-10,16H2,1H3,(H,17,18). The number of thioether (sulfide) groups is 1. The predicted octanol–water partition coefficient (Wildman–Crippen LogP) is 3.44. The van der Waals surface area contributed by atoms with Gasteiger partial charge in [-0.15, -0.1) is 0 Å². The van der Waals surface area contributed by atoms with Crippen molar-refractivity contribution >= 4 is 29.0 Å². The van der Waals surface area contributed by atoms with Crippen molar-refractivity contribution in [1.82, 2.24) is 0 Å². The molecule has 104 valence electrons. The van der Waals surface area contributed by atoms with Gasteiger partial charge in [-0.25, -0.2) is 0 Å². The van der Waals surface area contributed by atoms with Gasteiger partial charge in [0.2, 0.25) is 5.91 Å². The van der Waals surface area contributed by atoms with E-state index in [1.807, 2.05) is 25.1 Å². The number of carbonyl (C=O) groups excluding carboxylic acids is 1. The summed E-state index contributed by atoms with van der Waals surface area (Å²) in [5.74, 6) is 2.54. The third-order valence-corrected chi connectivity index (χ3v) is 4.88. The Morgan fingerprint density at radius 2 is 2.16 bits per heavy atom. The summed E-state index contributed by atoms with van der Waals surface area (Å²) in [6.45, 7) is 1.93. The van der Waals surface area contributed by atoms with E-state index >= 15 is 0 Å². The lowest BCUT2D eigenvalue weighted by Crippen LogP contribution is -2.16. The first-order valence-corrected chi connectivity index (χ1v) is 8.05. The summed E-state index contributed by atoms with van der Waals surface area (Å²) in [5, 5.41) is 2.94. The molecule has 0 atom stereocenters. The molecule has 1 fully saturated rings. The molecule has 0 aromatic heterocycles. The average Bonchev–Trinajstić information content (AvgIpc) is 2.88. The van der Waals surface area contributed by atoms with Crippen molar-refractivity contribution in [2.45, 2.75) is 32.6 Å². The van der Waals surface area contributed by atoms with Crippen LogP contribution in [0.1, 0.15) is 31.2 Å². The molecule has 0 radical (unpaired) electrons. The van der Waals surface area contributed by atoms with Crippen LogP contribution in [0.15, 0.2) is 18.2 Å². The molecule has 1 aromatic rings. The molecule has 3 N–H and O–H groups in total. The van der Waals surface area contributed by atoms with E-state index in [9.17, 15) is 4.79 Å². The predicted molar refractivity (Wildman–Crippen MR) is 83.5 cm³/mol. The van der Waals surface area contributed by atoms with Crippen molar-refractivity contribution in [2.75, 3.05) is 22.6 Å². The highest BCUT2D eigenvalue weighted by Gasteiger charge is 2.15. The summed E-state index contributed by atoms with van der Waals surface area (Å²) in [6, 6.07) is 5.61. The van der Waals surface area contributed by atoms with Gasteiger partial charge in [0.15, 0.2) is 0 Å². The minimum absolute atomic E-state index is 0.0664. The van der Waals surface area contributed by atoms with E-state index in [-0.39, 0.29) is 5.91 Å². The first-order valence-electron chi connectivity index (χ1n) is 6.89. The van der Waals surface area contributed by atoms with Crippen LogP contribution in [0, 0.1) is 12.8 Å². The maximum absolute atomic E-state index is 11.9. The number of benzene rings is 1. The minimum atomic E-state index is 0.0664. The van der Waals surface area contributed by atoms with Gasteiger partial charge in [-0.05, 0) is 49.1 Å². The molecule has 1 aliphatic rings. The number of nitrogen functional groups attached to an aromatic ring is 1. The van der Waals surface area contributed by atoms with Gasteiger partial charge in [0, 0.05) is 11.4 Å². The van der Waals surface area contributed by atoms with Crippen LogP contribution in [-0.4, -0.2) is 17.4 Å². The summed E-state index contributed by atoms with van der Waals surface area (Å²) in [6.07, 6.45) is 5.39. The van der Waals surface area contributed by atoms with Crippen LogP contribution in [0.3, 0.4) is 0 Å². The molecule has 1 aromatic carbocycles. The Bertz CT molecular complexity index is 442. The lowest BCUT2D eigenvalue weighted by molar-refractivity contribution is -0.113. The van der Waals surface area contributed by atoms with Gasteiger partial charge in [-0.1, -0.05) is 18.9 Å². The molecule has 1 aliphatic carbocycles. The summed E-state index contributed by atoms with van der Waals surface area (Å²) in [5.41, 5.74) is 8.31. The van der Waals surface area contributed by atoms with Crippen LogP contribution in [0.5, 0.6) is 0 Å². The van der Waals surface area contributed by atoms with E-state index in [2.05, 4.69) is 5.32 Å². The average molecular weight is 278 g/mol. The summed E-state index contributed by atoms with van der Waals surface area (Å²) >= 11 is 1.74. The fourth-order valence-electron chi connectivity index (χ4n) is 2.47. The van der Waals surface area contributed by atoms with Crippen molar-refractivity contribution in [3.05, 3.63) is 23.8 Å². The Hall–Kier alpha value is -1.16. The first kappa shape index (κ1) is 14.3. The van der Waals surface area contributed by atoms with Gasteiger partial charge in [0.1, 0.15) is 0 Å². The summed E-state index contributed by atoms with van der Waals surface area (Å²) in [7, 11) is 0. The van der Waals surface area contributed by atoms with Crippen LogP contribution >= 0.6 is 11.8 Å². The molecule has 1 amide bonds. The highest BCUT2D eigenvalue weighted by Crippen LogP contribution is 2.28. The molecule has 0 spiro atoms. The van der Waals surface area contributed by atoms with Crippen molar-refractivity contribution < 1.29 is 4.79 Å². The number of nitrogens with one attached hydrogen (secondary N) is 1. The van der Waals surface area contributed by atoms with Crippen LogP contribution in [-0.2, 0) is 4.79 Å². The SMILES string of the molecule is Cc1c(N)cccc1NC(=O)CSCC1CCCC1. The number of anilines is 2. The third kappa shape index (κ3) is 4.16. The zero-order valence-electron chi connectivity index (χ0n) is 11.4. The molecule has 0 bridgehead atoms. The molecule has 3 nitrogen and oxygen atoms in total. The highest BCUT2D eigenvalue weighted by atomic mass is 32.2. The number of rotatable bonds is 5. The zero-order valence-corrected chi connectivity index (χ0v) is 12.3. The molecular formula is C15H22N2OS. The van der Waals surface area contributed by atoms with E-state index in [4.69, 9.17) is 5.73 Å².